The molecule has 0 aromatic rings. The third-order valence-electron chi connectivity index (χ3n) is 0.412. The van der Waals surface area contributed by atoms with Gasteiger partial charge in [0.25, 0.3) is 0 Å². The highest BCUT2D eigenvalue weighted by atomic mass is 31.0. The van der Waals surface area contributed by atoms with Gasteiger partial charge in [0.2, 0.25) is 5.91 Å². The molecule has 0 saturated heterocycles. The number of aliphatic hydroxyl groups is 1. The van der Waals surface area contributed by atoms with E-state index in [9.17, 15) is 4.79 Å². The number of rotatable bonds is 1. The summed E-state index contributed by atoms with van der Waals surface area (Å²) in [6.07, 6.45) is 0.157. The molecule has 4 heteroatoms. The van der Waals surface area contributed by atoms with Crippen molar-refractivity contribution in [1.29, 1.82) is 0 Å². The second-order valence-corrected chi connectivity index (χ2v) is 2.30. The van der Waals surface area contributed by atoms with Crippen LogP contribution in [0.5, 0.6) is 0 Å². The van der Waals surface area contributed by atoms with E-state index in [0.717, 1.165) is 0 Å². The molecular formula is C5H14NO2P. The minimum absolute atomic E-state index is 0.685. The molecule has 0 aromatic carbocycles. The molecule has 3 N–H and O–H groups in total. The van der Waals surface area contributed by atoms with Crippen LogP contribution in [-0.4, -0.2) is 23.3 Å². The van der Waals surface area contributed by atoms with Crippen LogP contribution in [0.4, 0.5) is 0 Å². The molecule has 0 aliphatic carbocycles. The number of carbonyl (C=O) groups is 1. The Morgan fingerprint density at radius 2 is 2.00 bits per heavy atom. The first-order valence-electron chi connectivity index (χ1n) is 2.73. The predicted octanol–water partition coefficient (Wildman–Crippen LogP) is -0.266. The van der Waals surface area contributed by atoms with Gasteiger partial charge in [-0.05, 0) is 13.1 Å². The number of nitrogens with two attached hydrogens (primary N) is 1. The lowest BCUT2D eigenvalue weighted by molar-refractivity contribution is -0.125. The third kappa shape index (κ3) is 18.1. The molecule has 0 spiro atoms. The third-order valence-corrected chi connectivity index (χ3v) is 0.412. The summed E-state index contributed by atoms with van der Waals surface area (Å²) in [6.45, 7) is 3.41. The molecule has 0 aromatic heterocycles. The van der Waals surface area contributed by atoms with Crippen molar-refractivity contribution in [3.8, 4) is 0 Å². The van der Waals surface area contributed by atoms with Crippen LogP contribution in [0.3, 0.4) is 0 Å². The monoisotopic (exact) mass is 151 g/mol. The average Bonchev–Trinajstić information content (AvgIpc) is 1.68. The van der Waals surface area contributed by atoms with Gasteiger partial charge < -0.3 is 10.8 Å². The fraction of sp³-hybridized carbons (Fsp3) is 0.800. The van der Waals surface area contributed by atoms with Gasteiger partial charge in [-0.3, -0.25) is 4.79 Å². The van der Waals surface area contributed by atoms with Gasteiger partial charge in [0, 0.05) is 0 Å². The molecule has 2 atom stereocenters. The Morgan fingerprint density at radius 1 is 1.89 bits per heavy atom. The van der Waals surface area contributed by atoms with Crippen LogP contribution in [0.2, 0.25) is 0 Å². The number of hydrogen-bond acceptors (Lipinski definition) is 2. The van der Waals surface area contributed by atoms with Gasteiger partial charge in [0.15, 0.2) is 0 Å². The number of primary amides is 1. The molecular weight excluding hydrogens is 137 g/mol. The minimum atomic E-state index is -1.01. The van der Waals surface area contributed by atoms with Crippen molar-refractivity contribution < 1.29 is 9.90 Å². The van der Waals surface area contributed by atoms with Crippen LogP contribution in [0.15, 0.2) is 0 Å². The zero-order valence-corrected chi connectivity index (χ0v) is 6.95. The van der Waals surface area contributed by atoms with Crippen molar-refractivity contribution >= 4 is 15.1 Å². The first-order chi connectivity index (χ1) is 4.06. The summed E-state index contributed by atoms with van der Waals surface area (Å²) in [5.74, 6) is -0.685. The topological polar surface area (TPSA) is 63.3 Å². The minimum Gasteiger partial charge on any atom is -0.384 e. The molecule has 1 amide bonds. The van der Waals surface area contributed by atoms with Crippen LogP contribution in [0.25, 0.3) is 0 Å². The normalized spacial score (nSPS) is 11.1. The summed E-state index contributed by atoms with van der Waals surface area (Å²) in [7, 11) is 2.58. The van der Waals surface area contributed by atoms with Crippen LogP contribution in [0, 0.1) is 0 Å². The molecule has 9 heavy (non-hydrogen) atoms. The van der Waals surface area contributed by atoms with E-state index < -0.39 is 12.0 Å². The molecule has 0 bridgehead atoms. The van der Waals surface area contributed by atoms with E-state index in [-0.39, 0.29) is 0 Å². The van der Waals surface area contributed by atoms with Gasteiger partial charge in [-0.2, -0.15) is 0 Å². The number of hydrogen-bond donors (Lipinski definition) is 2. The lowest BCUT2D eigenvalue weighted by Gasteiger charge is -1.90. The molecule has 0 rings (SSSR count). The van der Waals surface area contributed by atoms with Crippen LogP contribution < -0.4 is 5.73 Å². The first-order valence-corrected chi connectivity index (χ1v) is 3.55. The highest BCUT2D eigenvalue weighted by Gasteiger charge is 1.98. The van der Waals surface area contributed by atoms with Gasteiger partial charge in [0.05, 0.1) is 0 Å². The molecule has 0 heterocycles. The van der Waals surface area contributed by atoms with Gasteiger partial charge in [0.1, 0.15) is 6.10 Å². The van der Waals surface area contributed by atoms with Crippen molar-refractivity contribution in [3.63, 3.8) is 0 Å². The van der Waals surface area contributed by atoms with Crippen LogP contribution >= 0.6 is 9.24 Å². The van der Waals surface area contributed by atoms with Gasteiger partial charge in [-0.15, -0.1) is 9.24 Å². The smallest absolute Gasteiger partial charge is 0.245 e. The van der Waals surface area contributed by atoms with E-state index >= 15 is 0 Å². The van der Waals surface area contributed by atoms with Crippen molar-refractivity contribution in [1.82, 2.24) is 0 Å². The molecule has 56 valence electrons. The largest absolute Gasteiger partial charge is 0.384 e. The van der Waals surface area contributed by atoms with Crippen molar-refractivity contribution in [2.75, 3.05) is 6.16 Å². The zero-order valence-electron chi connectivity index (χ0n) is 5.79. The Morgan fingerprint density at radius 3 is 2.00 bits per heavy atom. The van der Waals surface area contributed by atoms with E-state index in [4.69, 9.17) is 5.11 Å². The average molecular weight is 151 g/mol. The lowest BCUT2D eigenvalue weighted by atomic mass is 10.4. The fourth-order valence-corrected chi connectivity index (χ4v) is 0. The predicted molar refractivity (Wildman–Crippen MR) is 41.1 cm³/mol. The molecule has 0 aliphatic rings. The summed E-state index contributed by atoms with van der Waals surface area (Å²) in [6, 6.07) is 0. The van der Waals surface area contributed by atoms with Crippen molar-refractivity contribution in [2.24, 2.45) is 5.73 Å². The maximum absolute atomic E-state index is 9.67. The lowest BCUT2D eigenvalue weighted by Crippen LogP contribution is -2.24. The van der Waals surface area contributed by atoms with Crippen molar-refractivity contribution in [3.05, 3.63) is 0 Å². The summed E-state index contributed by atoms with van der Waals surface area (Å²) in [4.78, 5) is 9.67. The van der Waals surface area contributed by atoms with E-state index in [1.54, 1.807) is 0 Å². The summed E-state index contributed by atoms with van der Waals surface area (Å²) < 4.78 is 0. The zero-order chi connectivity index (χ0) is 7.86. The summed E-state index contributed by atoms with van der Waals surface area (Å²) in [5.41, 5.74) is 4.55. The maximum atomic E-state index is 9.67. The van der Waals surface area contributed by atoms with Crippen LogP contribution in [-0.2, 0) is 4.79 Å². The van der Waals surface area contributed by atoms with Gasteiger partial charge in [-0.25, -0.2) is 0 Å². The molecule has 0 saturated carbocycles. The Bertz CT molecular complexity index is 75.4. The molecule has 0 radical (unpaired) electrons. The summed E-state index contributed by atoms with van der Waals surface area (Å²) >= 11 is 0. The van der Waals surface area contributed by atoms with Gasteiger partial charge in [-0.1, -0.05) is 6.92 Å². The Balaban J connectivity index is 0. The second-order valence-electron chi connectivity index (χ2n) is 1.49. The van der Waals surface area contributed by atoms with E-state index in [2.05, 4.69) is 21.9 Å². The van der Waals surface area contributed by atoms with Gasteiger partial charge >= 0.3 is 0 Å². The standard InChI is InChI=1S/C3H7NO2.C2H7P/c1-2(5)3(4)6;1-2-3/h2,5H,1H3,(H2,4,6);2-3H2,1H3. The number of aliphatic hydroxyl groups excluding tert-OH is 1. The van der Waals surface area contributed by atoms with E-state index in [1.807, 2.05) is 0 Å². The highest BCUT2D eigenvalue weighted by Crippen LogP contribution is 1.70. The molecule has 0 fully saturated rings. The number of carbonyl (C=O) groups excluding carboxylic acids is 1. The molecule has 2 unspecified atom stereocenters. The summed E-state index contributed by atoms with van der Waals surface area (Å²) in [5, 5.41) is 8.16. The SMILES string of the molecule is CC(O)C(N)=O.CCP. The number of amides is 1. The first kappa shape index (κ1) is 11.6. The van der Waals surface area contributed by atoms with E-state index in [0.29, 0.717) is 0 Å². The molecule has 3 nitrogen and oxygen atoms in total. The van der Waals surface area contributed by atoms with E-state index in [1.165, 1.54) is 13.1 Å². The highest BCUT2D eigenvalue weighted by molar-refractivity contribution is 7.16. The second kappa shape index (κ2) is 7.86. The van der Waals surface area contributed by atoms with Crippen LogP contribution in [0.1, 0.15) is 13.8 Å². The Kier molecular flexibility index (Phi) is 10.2. The fourth-order valence-electron chi connectivity index (χ4n) is 0. The Labute approximate surface area is 57.8 Å². The van der Waals surface area contributed by atoms with Crippen molar-refractivity contribution in [2.45, 2.75) is 20.0 Å². The molecule has 0 aliphatic heterocycles. The Hall–Kier alpha value is -0.140. The maximum Gasteiger partial charge on any atom is 0.245 e. The quantitative estimate of drug-likeness (QED) is 0.507.